The third-order valence-corrected chi connectivity index (χ3v) is 1.81. The molecule has 0 unspecified atom stereocenters. The Morgan fingerprint density at radius 1 is 1.46 bits per heavy atom. The Bertz CT molecular complexity index is 332. The van der Waals surface area contributed by atoms with Crippen LogP contribution >= 0.6 is 0 Å². The van der Waals surface area contributed by atoms with E-state index in [2.05, 4.69) is 4.99 Å². The average Bonchev–Trinajstić information content (AvgIpc) is 2.11. The van der Waals surface area contributed by atoms with Gasteiger partial charge in [0.15, 0.2) is 0 Å². The monoisotopic (exact) mass is 178 g/mol. The van der Waals surface area contributed by atoms with E-state index in [-0.39, 0.29) is 0 Å². The Morgan fingerprint density at radius 2 is 2.15 bits per heavy atom. The van der Waals surface area contributed by atoms with Crippen molar-refractivity contribution in [2.75, 3.05) is 19.9 Å². The molecule has 3 heteroatoms. The van der Waals surface area contributed by atoms with Gasteiger partial charge in [0.1, 0.15) is 5.75 Å². The number of hydrogen-bond acceptors (Lipinski definition) is 3. The molecule has 0 aliphatic carbocycles. The molecule has 2 N–H and O–H groups in total. The zero-order chi connectivity index (χ0) is 9.84. The van der Waals surface area contributed by atoms with Crippen LogP contribution in [0, 0.1) is 6.92 Å². The Hall–Kier alpha value is -1.51. The zero-order valence-electron chi connectivity index (χ0n) is 8.16. The zero-order valence-corrected chi connectivity index (χ0v) is 8.16. The summed E-state index contributed by atoms with van der Waals surface area (Å²) in [6.07, 6.45) is 1.73. The second-order valence-corrected chi connectivity index (χ2v) is 2.86. The fraction of sp³-hybridized carbons (Fsp3) is 0.300. The third kappa shape index (κ3) is 1.99. The summed E-state index contributed by atoms with van der Waals surface area (Å²) in [7, 11) is 3.33. The number of anilines is 1. The van der Waals surface area contributed by atoms with E-state index in [0.29, 0.717) is 11.4 Å². The van der Waals surface area contributed by atoms with Gasteiger partial charge in [-0.1, -0.05) is 0 Å². The molecule has 70 valence electrons. The van der Waals surface area contributed by atoms with Crippen molar-refractivity contribution in [1.82, 2.24) is 0 Å². The molecule has 0 spiro atoms. The molecular weight excluding hydrogens is 164 g/mol. The predicted octanol–water partition coefficient (Wildman–Crippen LogP) is 1.63. The first-order valence-corrected chi connectivity index (χ1v) is 4.05. The Kier molecular flexibility index (Phi) is 2.90. The number of nitrogens with two attached hydrogens (primary N) is 1. The maximum absolute atomic E-state index is 5.83. The lowest BCUT2D eigenvalue weighted by atomic mass is 10.1. The summed E-state index contributed by atoms with van der Waals surface area (Å²) in [6, 6.07) is 3.88. The fourth-order valence-corrected chi connectivity index (χ4v) is 1.21. The molecule has 0 saturated heterocycles. The number of aryl methyl sites for hydroxylation is 1. The summed E-state index contributed by atoms with van der Waals surface area (Å²) >= 11 is 0. The van der Waals surface area contributed by atoms with E-state index >= 15 is 0 Å². The first-order valence-electron chi connectivity index (χ1n) is 4.05. The summed E-state index contributed by atoms with van der Waals surface area (Å²) in [5.41, 5.74) is 8.48. The molecule has 0 amide bonds. The fourth-order valence-electron chi connectivity index (χ4n) is 1.21. The summed E-state index contributed by atoms with van der Waals surface area (Å²) in [5, 5.41) is 0. The largest absolute Gasteiger partial charge is 0.495 e. The third-order valence-electron chi connectivity index (χ3n) is 1.81. The molecule has 0 saturated carbocycles. The standard InChI is InChI=1S/C10H14N2O/c1-7-4-8(6-12-2)10(11)9(5-7)13-3/h4-6H,11H2,1-3H3. The number of methoxy groups -OCH3 is 1. The van der Waals surface area contributed by atoms with Gasteiger partial charge in [0.05, 0.1) is 12.8 Å². The molecule has 0 aromatic heterocycles. The van der Waals surface area contributed by atoms with Gasteiger partial charge in [-0.3, -0.25) is 4.99 Å². The highest BCUT2D eigenvalue weighted by Crippen LogP contribution is 2.25. The van der Waals surface area contributed by atoms with Crippen molar-refractivity contribution in [2.24, 2.45) is 4.99 Å². The molecule has 1 aromatic rings. The highest BCUT2D eigenvalue weighted by Gasteiger charge is 2.04. The first-order chi connectivity index (χ1) is 6.19. The van der Waals surface area contributed by atoms with Crippen LogP contribution in [0.15, 0.2) is 17.1 Å². The van der Waals surface area contributed by atoms with E-state index in [4.69, 9.17) is 10.5 Å². The lowest BCUT2D eigenvalue weighted by Crippen LogP contribution is -1.98. The van der Waals surface area contributed by atoms with Crippen molar-refractivity contribution in [2.45, 2.75) is 6.92 Å². The van der Waals surface area contributed by atoms with Gasteiger partial charge in [-0.15, -0.1) is 0 Å². The number of nitrogen functional groups attached to an aromatic ring is 1. The van der Waals surface area contributed by atoms with E-state index in [0.717, 1.165) is 11.1 Å². The molecule has 1 rings (SSSR count). The molecule has 0 fully saturated rings. The topological polar surface area (TPSA) is 47.6 Å². The molecule has 1 aromatic carbocycles. The molecule has 0 bridgehead atoms. The van der Waals surface area contributed by atoms with Crippen molar-refractivity contribution in [3.05, 3.63) is 23.3 Å². The van der Waals surface area contributed by atoms with Crippen LogP contribution < -0.4 is 10.5 Å². The molecule has 0 aliphatic rings. The summed E-state index contributed by atoms with van der Waals surface area (Å²) in [6.45, 7) is 2.00. The Morgan fingerprint density at radius 3 is 2.69 bits per heavy atom. The summed E-state index contributed by atoms with van der Waals surface area (Å²) in [4.78, 5) is 3.92. The molecule has 0 heterocycles. The maximum atomic E-state index is 5.83. The van der Waals surface area contributed by atoms with Crippen LogP contribution in [0.4, 0.5) is 5.69 Å². The van der Waals surface area contributed by atoms with Gasteiger partial charge in [-0.25, -0.2) is 0 Å². The van der Waals surface area contributed by atoms with Gasteiger partial charge in [0.2, 0.25) is 0 Å². The maximum Gasteiger partial charge on any atom is 0.142 e. The minimum atomic E-state index is 0.638. The Balaban J connectivity index is 3.26. The van der Waals surface area contributed by atoms with Crippen LogP contribution in [-0.4, -0.2) is 20.4 Å². The van der Waals surface area contributed by atoms with Gasteiger partial charge in [-0.05, 0) is 24.6 Å². The number of benzene rings is 1. The van der Waals surface area contributed by atoms with Gasteiger partial charge < -0.3 is 10.5 Å². The lowest BCUT2D eigenvalue weighted by Gasteiger charge is -2.08. The van der Waals surface area contributed by atoms with E-state index in [9.17, 15) is 0 Å². The van der Waals surface area contributed by atoms with E-state index < -0.39 is 0 Å². The smallest absolute Gasteiger partial charge is 0.142 e. The van der Waals surface area contributed by atoms with Crippen LogP contribution in [0.2, 0.25) is 0 Å². The van der Waals surface area contributed by atoms with Crippen LogP contribution in [0.3, 0.4) is 0 Å². The predicted molar refractivity (Wildman–Crippen MR) is 55.7 cm³/mol. The number of nitrogens with zero attached hydrogens (tertiary/aromatic N) is 1. The lowest BCUT2D eigenvalue weighted by molar-refractivity contribution is 0.416. The molecule has 13 heavy (non-hydrogen) atoms. The minimum absolute atomic E-state index is 0.638. The Labute approximate surface area is 78.2 Å². The van der Waals surface area contributed by atoms with Crippen molar-refractivity contribution in [3.8, 4) is 5.75 Å². The van der Waals surface area contributed by atoms with E-state index in [1.54, 1.807) is 20.4 Å². The number of ether oxygens (including phenoxy) is 1. The molecule has 0 atom stereocenters. The molecule has 0 radical (unpaired) electrons. The van der Waals surface area contributed by atoms with Gasteiger partial charge in [-0.2, -0.15) is 0 Å². The van der Waals surface area contributed by atoms with Gasteiger partial charge in [0.25, 0.3) is 0 Å². The highest BCUT2D eigenvalue weighted by molar-refractivity contribution is 5.89. The SMILES string of the molecule is CN=Cc1cc(C)cc(OC)c1N. The normalized spacial score (nSPS) is 10.7. The van der Waals surface area contributed by atoms with E-state index in [1.165, 1.54) is 0 Å². The summed E-state index contributed by atoms with van der Waals surface area (Å²) < 4.78 is 5.13. The first kappa shape index (κ1) is 9.58. The van der Waals surface area contributed by atoms with Gasteiger partial charge >= 0.3 is 0 Å². The van der Waals surface area contributed by atoms with Gasteiger partial charge in [0, 0.05) is 18.8 Å². The highest BCUT2D eigenvalue weighted by atomic mass is 16.5. The van der Waals surface area contributed by atoms with Crippen LogP contribution in [0.25, 0.3) is 0 Å². The average molecular weight is 178 g/mol. The minimum Gasteiger partial charge on any atom is -0.495 e. The van der Waals surface area contributed by atoms with E-state index in [1.807, 2.05) is 19.1 Å². The van der Waals surface area contributed by atoms with Crippen LogP contribution in [0.5, 0.6) is 5.75 Å². The molecule has 3 nitrogen and oxygen atoms in total. The van der Waals surface area contributed by atoms with Crippen LogP contribution in [-0.2, 0) is 0 Å². The second kappa shape index (κ2) is 3.94. The quantitative estimate of drug-likeness (QED) is 0.552. The van der Waals surface area contributed by atoms with Crippen molar-refractivity contribution in [1.29, 1.82) is 0 Å². The van der Waals surface area contributed by atoms with Crippen LogP contribution in [0.1, 0.15) is 11.1 Å². The van der Waals surface area contributed by atoms with Crippen molar-refractivity contribution >= 4 is 11.9 Å². The summed E-state index contributed by atoms with van der Waals surface area (Å²) in [5.74, 6) is 0.704. The molecular formula is C10H14N2O. The second-order valence-electron chi connectivity index (χ2n) is 2.86. The van der Waals surface area contributed by atoms with Crippen molar-refractivity contribution in [3.63, 3.8) is 0 Å². The van der Waals surface area contributed by atoms with Crippen molar-refractivity contribution < 1.29 is 4.74 Å². The number of aliphatic imine (C=N–C) groups is 1. The molecule has 0 aliphatic heterocycles. The number of rotatable bonds is 2. The number of hydrogen-bond donors (Lipinski definition) is 1.